The third-order valence-corrected chi connectivity index (χ3v) is 4.59. The summed E-state index contributed by atoms with van der Waals surface area (Å²) >= 11 is 0. The molecule has 0 bridgehead atoms. The lowest BCUT2D eigenvalue weighted by Gasteiger charge is -2.25. The van der Waals surface area contributed by atoms with Gasteiger partial charge < -0.3 is 19.1 Å². The predicted octanol–water partition coefficient (Wildman–Crippen LogP) is 1.93. The van der Waals surface area contributed by atoms with Crippen LogP contribution in [0.25, 0.3) is 0 Å². The number of aryl methyl sites for hydroxylation is 1. The summed E-state index contributed by atoms with van der Waals surface area (Å²) in [4.78, 5) is 28.2. The molecular weight excluding hydrogens is 330 g/mol. The van der Waals surface area contributed by atoms with Gasteiger partial charge in [-0.25, -0.2) is 0 Å². The molecule has 2 heterocycles. The van der Waals surface area contributed by atoms with Gasteiger partial charge in [0.05, 0.1) is 19.2 Å². The highest BCUT2D eigenvalue weighted by atomic mass is 16.5. The summed E-state index contributed by atoms with van der Waals surface area (Å²) in [5.41, 5.74) is 2.79. The van der Waals surface area contributed by atoms with Crippen LogP contribution in [0.15, 0.2) is 42.6 Å². The van der Waals surface area contributed by atoms with E-state index in [0.717, 1.165) is 11.3 Å². The summed E-state index contributed by atoms with van der Waals surface area (Å²) in [6.07, 6.45) is 1.75. The first-order valence-corrected chi connectivity index (χ1v) is 8.76. The van der Waals surface area contributed by atoms with Crippen molar-refractivity contribution in [3.63, 3.8) is 0 Å². The van der Waals surface area contributed by atoms with Crippen LogP contribution in [-0.4, -0.2) is 59.5 Å². The Balaban J connectivity index is 1.79. The summed E-state index contributed by atoms with van der Waals surface area (Å²) in [5.74, 6) is -0.102. The normalized spacial score (nSPS) is 16.7. The van der Waals surface area contributed by atoms with E-state index in [1.807, 2.05) is 49.5 Å². The number of hydrogen-bond donors (Lipinski definition) is 0. The minimum atomic E-state index is -0.235. The third-order valence-electron chi connectivity index (χ3n) is 4.59. The van der Waals surface area contributed by atoms with Gasteiger partial charge in [-0.3, -0.25) is 9.59 Å². The first-order valence-electron chi connectivity index (χ1n) is 8.76. The second kappa shape index (κ2) is 7.74. The first kappa shape index (κ1) is 18.2. The molecule has 1 unspecified atom stereocenters. The molecule has 138 valence electrons. The van der Waals surface area contributed by atoms with Gasteiger partial charge in [0.2, 0.25) is 5.91 Å². The Bertz CT molecular complexity index is 797. The van der Waals surface area contributed by atoms with Crippen LogP contribution in [0.3, 0.4) is 0 Å². The molecule has 0 aliphatic carbocycles. The largest absolute Gasteiger partial charge is 0.365 e. The number of benzene rings is 1. The molecule has 1 aliphatic heterocycles. The van der Waals surface area contributed by atoms with Crippen molar-refractivity contribution in [1.29, 1.82) is 0 Å². The Morgan fingerprint density at radius 1 is 1.19 bits per heavy atom. The maximum atomic E-state index is 13.0. The van der Waals surface area contributed by atoms with Gasteiger partial charge in [0.15, 0.2) is 0 Å². The minimum absolute atomic E-state index is 0.0146. The van der Waals surface area contributed by atoms with E-state index in [2.05, 4.69) is 4.57 Å². The quantitative estimate of drug-likeness (QED) is 0.842. The zero-order valence-corrected chi connectivity index (χ0v) is 15.5. The maximum absolute atomic E-state index is 13.0. The molecule has 0 radical (unpaired) electrons. The van der Waals surface area contributed by atoms with E-state index in [0.29, 0.717) is 25.2 Å². The predicted molar refractivity (Wildman–Crippen MR) is 98.8 cm³/mol. The Labute approximate surface area is 154 Å². The van der Waals surface area contributed by atoms with Crippen molar-refractivity contribution in [2.45, 2.75) is 26.1 Å². The summed E-state index contributed by atoms with van der Waals surface area (Å²) in [6, 6.07) is 11.6. The number of hydrogen-bond acceptors (Lipinski definition) is 3. The van der Waals surface area contributed by atoms with Crippen molar-refractivity contribution in [1.82, 2.24) is 14.4 Å². The second-order valence-corrected chi connectivity index (χ2v) is 6.93. The van der Waals surface area contributed by atoms with Crippen molar-refractivity contribution in [2.24, 2.45) is 0 Å². The van der Waals surface area contributed by atoms with Gasteiger partial charge >= 0.3 is 0 Å². The molecule has 0 fully saturated rings. The topological polar surface area (TPSA) is 54.8 Å². The first-order chi connectivity index (χ1) is 12.4. The molecule has 2 aromatic rings. The van der Waals surface area contributed by atoms with Gasteiger partial charge in [-0.05, 0) is 31.2 Å². The lowest BCUT2D eigenvalue weighted by atomic mass is 10.1. The molecule has 2 amide bonds. The van der Waals surface area contributed by atoms with Gasteiger partial charge in [-0.15, -0.1) is 0 Å². The van der Waals surface area contributed by atoms with Gasteiger partial charge in [-0.1, -0.05) is 17.7 Å². The Hall–Kier alpha value is -2.60. The van der Waals surface area contributed by atoms with Crippen LogP contribution < -0.4 is 0 Å². The average Bonchev–Trinajstić information content (AvgIpc) is 2.97. The van der Waals surface area contributed by atoms with E-state index >= 15 is 0 Å². The van der Waals surface area contributed by atoms with Crippen molar-refractivity contribution in [3.05, 3.63) is 59.4 Å². The van der Waals surface area contributed by atoms with Crippen LogP contribution in [0, 0.1) is 6.92 Å². The van der Waals surface area contributed by atoms with Gasteiger partial charge in [0.25, 0.3) is 5.91 Å². The fourth-order valence-corrected chi connectivity index (χ4v) is 3.09. The van der Waals surface area contributed by atoms with E-state index in [1.165, 1.54) is 4.90 Å². The van der Waals surface area contributed by atoms with E-state index in [4.69, 9.17) is 4.74 Å². The smallest absolute Gasteiger partial charge is 0.254 e. The van der Waals surface area contributed by atoms with Gasteiger partial charge in [-0.2, -0.15) is 0 Å². The third kappa shape index (κ3) is 4.14. The molecule has 0 saturated carbocycles. The van der Waals surface area contributed by atoms with Crippen molar-refractivity contribution >= 4 is 11.8 Å². The standard InChI is InChI=1S/C20H25N3O3/c1-15-6-4-7-16(10-15)20(25)23-11-17-8-5-9-22(17)12-18(13-23)26-14-19(24)21(2)3/h4-10,18H,11-14H2,1-3H3. The molecule has 0 N–H and O–H groups in total. The van der Waals surface area contributed by atoms with Crippen LogP contribution >= 0.6 is 0 Å². The van der Waals surface area contributed by atoms with Crippen molar-refractivity contribution in [2.75, 3.05) is 27.2 Å². The number of nitrogens with zero attached hydrogens (tertiary/aromatic N) is 3. The number of fused-ring (bicyclic) bond motifs is 1. The lowest BCUT2D eigenvalue weighted by Crippen LogP contribution is -2.39. The van der Waals surface area contributed by atoms with Crippen molar-refractivity contribution in [3.8, 4) is 0 Å². The van der Waals surface area contributed by atoms with E-state index in [-0.39, 0.29) is 24.5 Å². The molecule has 6 heteroatoms. The number of likely N-dealkylation sites (N-methyl/N-ethyl adjacent to an activating group) is 1. The Morgan fingerprint density at radius 3 is 2.73 bits per heavy atom. The molecule has 0 spiro atoms. The van der Waals surface area contributed by atoms with Crippen LogP contribution in [0.4, 0.5) is 0 Å². The molecule has 0 saturated heterocycles. The van der Waals surface area contributed by atoms with Crippen LogP contribution in [0.1, 0.15) is 21.6 Å². The number of ether oxygens (including phenoxy) is 1. The Kier molecular flexibility index (Phi) is 5.42. The van der Waals surface area contributed by atoms with Gasteiger partial charge in [0.1, 0.15) is 6.61 Å². The van der Waals surface area contributed by atoms with E-state index in [9.17, 15) is 9.59 Å². The van der Waals surface area contributed by atoms with E-state index in [1.54, 1.807) is 19.0 Å². The number of amides is 2. The number of carbonyl (C=O) groups is 2. The van der Waals surface area contributed by atoms with Crippen LogP contribution in [0.5, 0.6) is 0 Å². The molecule has 26 heavy (non-hydrogen) atoms. The maximum Gasteiger partial charge on any atom is 0.254 e. The minimum Gasteiger partial charge on any atom is -0.365 e. The van der Waals surface area contributed by atoms with Gasteiger partial charge in [0, 0.05) is 38.1 Å². The SMILES string of the molecule is Cc1cccc(C(=O)N2Cc3cccn3CC(OCC(=O)N(C)C)C2)c1. The van der Waals surface area contributed by atoms with Crippen LogP contribution in [0.2, 0.25) is 0 Å². The molecule has 1 atom stereocenters. The highest BCUT2D eigenvalue weighted by molar-refractivity contribution is 5.94. The second-order valence-electron chi connectivity index (χ2n) is 6.93. The van der Waals surface area contributed by atoms with Crippen molar-refractivity contribution < 1.29 is 14.3 Å². The average molecular weight is 355 g/mol. The molecule has 6 nitrogen and oxygen atoms in total. The fourth-order valence-electron chi connectivity index (χ4n) is 3.09. The highest BCUT2D eigenvalue weighted by Crippen LogP contribution is 2.18. The summed E-state index contributed by atoms with van der Waals surface area (Å²) in [6.45, 7) is 3.60. The number of carbonyl (C=O) groups excluding carboxylic acids is 2. The zero-order chi connectivity index (χ0) is 18.7. The summed E-state index contributed by atoms with van der Waals surface area (Å²) in [7, 11) is 3.41. The zero-order valence-electron chi connectivity index (χ0n) is 15.5. The molecule has 1 aromatic carbocycles. The van der Waals surface area contributed by atoms with E-state index < -0.39 is 0 Å². The van der Waals surface area contributed by atoms with Crippen LogP contribution in [-0.2, 0) is 22.6 Å². The lowest BCUT2D eigenvalue weighted by molar-refractivity contribution is -0.136. The summed E-state index contributed by atoms with van der Waals surface area (Å²) < 4.78 is 7.94. The monoisotopic (exact) mass is 355 g/mol. The Morgan fingerprint density at radius 2 is 2.00 bits per heavy atom. The number of aromatic nitrogens is 1. The number of rotatable bonds is 4. The molecular formula is C20H25N3O3. The molecule has 1 aliphatic rings. The highest BCUT2D eigenvalue weighted by Gasteiger charge is 2.26. The molecule has 3 rings (SSSR count). The fraction of sp³-hybridized carbons (Fsp3) is 0.400. The summed E-state index contributed by atoms with van der Waals surface area (Å²) in [5, 5.41) is 0. The molecule has 1 aromatic heterocycles.